The summed E-state index contributed by atoms with van der Waals surface area (Å²) in [5.41, 5.74) is 0. The van der Waals surface area contributed by atoms with E-state index in [1.165, 1.54) is 19.3 Å². The number of hydrogen-bond acceptors (Lipinski definition) is 6. The van der Waals surface area contributed by atoms with Gasteiger partial charge in [-0.25, -0.2) is 9.97 Å². The molecule has 7 heteroatoms. The third-order valence-electron chi connectivity index (χ3n) is 4.54. The van der Waals surface area contributed by atoms with E-state index in [4.69, 9.17) is 4.74 Å². The Labute approximate surface area is 143 Å². The fourth-order valence-electron chi connectivity index (χ4n) is 3.19. The van der Waals surface area contributed by atoms with Crippen LogP contribution in [0.1, 0.15) is 31.5 Å². The second kappa shape index (κ2) is 8.28. The molecule has 2 aliphatic heterocycles. The SMILES string of the molecule is Cc1nc(NCCNC(=O)C2CCOC2)cc(N2CCCCC2)n1. The van der Waals surface area contributed by atoms with E-state index in [1.807, 2.05) is 13.0 Å². The number of aryl methyl sites for hydroxylation is 1. The van der Waals surface area contributed by atoms with Crippen molar-refractivity contribution in [2.45, 2.75) is 32.6 Å². The molecule has 7 nitrogen and oxygen atoms in total. The van der Waals surface area contributed by atoms with Crippen LogP contribution in [0.2, 0.25) is 0 Å². The molecule has 1 unspecified atom stereocenters. The first kappa shape index (κ1) is 17.0. The van der Waals surface area contributed by atoms with E-state index in [2.05, 4.69) is 25.5 Å². The van der Waals surface area contributed by atoms with E-state index in [-0.39, 0.29) is 11.8 Å². The fourth-order valence-corrected chi connectivity index (χ4v) is 3.19. The van der Waals surface area contributed by atoms with E-state index in [0.717, 1.165) is 37.0 Å². The van der Waals surface area contributed by atoms with Crippen LogP contribution in [0.15, 0.2) is 6.07 Å². The van der Waals surface area contributed by atoms with Gasteiger partial charge in [0.05, 0.1) is 12.5 Å². The highest BCUT2D eigenvalue weighted by Crippen LogP contribution is 2.20. The second-order valence-electron chi connectivity index (χ2n) is 6.48. The molecule has 0 spiro atoms. The Balaban J connectivity index is 1.47. The third kappa shape index (κ3) is 4.56. The normalized spacial score (nSPS) is 20.9. The molecule has 132 valence electrons. The van der Waals surface area contributed by atoms with E-state index >= 15 is 0 Å². The molecule has 2 saturated heterocycles. The molecule has 0 radical (unpaired) electrons. The molecule has 0 aliphatic carbocycles. The predicted octanol–water partition coefficient (Wildman–Crippen LogP) is 1.34. The number of aromatic nitrogens is 2. The predicted molar refractivity (Wildman–Crippen MR) is 93.3 cm³/mol. The van der Waals surface area contributed by atoms with Gasteiger partial charge in [0.15, 0.2) is 0 Å². The van der Waals surface area contributed by atoms with Gasteiger partial charge in [0, 0.05) is 38.9 Å². The van der Waals surface area contributed by atoms with Crippen LogP contribution >= 0.6 is 0 Å². The summed E-state index contributed by atoms with van der Waals surface area (Å²) < 4.78 is 5.24. The molecule has 2 aliphatic rings. The van der Waals surface area contributed by atoms with Crippen molar-refractivity contribution in [2.75, 3.05) is 49.6 Å². The maximum absolute atomic E-state index is 11.9. The van der Waals surface area contributed by atoms with Crippen molar-refractivity contribution < 1.29 is 9.53 Å². The topological polar surface area (TPSA) is 79.4 Å². The first-order valence-corrected chi connectivity index (χ1v) is 8.92. The molecule has 2 fully saturated rings. The van der Waals surface area contributed by atoms with Gasteiger partial charge in [0.1, 0.15) is 17.5 Å². The van der Waals surface area contributed by atoms with Crippen LogP contribution in [-0.2, 0) is 9.53 Å². The summed E-state index contributed by atoms with van der Waals surface area (Å²) in [5.74, 6) is 2.69. The smallest absolute Gasteiger partial charge is 0.225 e. The van der Waals surface area contributed by atoms with E-state index < -0.39 is 0 Å². The molecule has 1 aromatic heterocycles. The minimum absolute atomic E-state index is 0.0111. The highest BCUT2D eigenvalue weighted by molar-refractivity contribution is 5.79. The summed E-state index contributed by atoms with van der Waals surface area (Å²) >= 11 is 0. The Bertz CT molecular complexity index is 554. The van der Waals surface area contributed by atoms with Crippen molar-refractivity contribution in [2.24, 2.45) is 5.92 Å². The number of carbonyl (C=O) groups excluding carboxylic acids is 1. The first-order valence-electron chi connectivity index (χ1n) is 8.92. The summed E-state index contributed by atoms with van der Waals surface area (Å²) in [4.78, 5) is 23.2. The molecule has 3 heterocycles. The number of nitrogens with one attached hydrogen (secondary N) is 2. The van der Waals surface area contributed by atoms with Crippen LogP contribution < -0.4 is 15.5 Å². The average Bonchev–Trinajstić information content (AvgIpc) is 3.14. The van der Waals surface area contributed by atoms with Crippen molar-refractivity contribution in [3.63, 3.8) is 0 Å². The molecular formula is C17H27N5O2. The lowest BCUT2D eigenvalue weighted by Gasteiger charge is -2.28. The van der Waals surface area contributed by atoms with Crippen molar-refractivity contribution in [1.82, 2.24) is 15.3 Å². The fraction of sp³-hybridized carbons (Fsp3) is 0.706. The lowest BCUT2D eigenvalue weighted by Crippen LogP contribution is -2.34. The van der Waals surface area contributed by atoms with Crippen molar-refractivity contribution in [3.05, 3.63) is 11.9 Å². The Hall–Kier alpha value is -1.89. The number of nitrogens with zero attached hydrogens (tertiary/aromatic N) is 3. The molecule has 3 rings (SSSR count). The molecule has 2 N–H and O–H groups in total. The zero-order valence-electron chi connectivity index (χ0n) is 14.4. The highest BCUT2D eigenvalue weighted by Gasteiger charge is 2.22. The molecule has 24 heavy (non-hydrogen) atoms. The third-order valence-corrected chi connectivity index (χ3v) is 4.54. The number of amides is 1. The zero-order chi connectivity index (χ0) is 16.8. The van der Waals surface area contributed by atoms with E-state index in [9.17, 15) is 4.79 Å². The van der Waals surface area contributed by atoms with Gasteiger partial charge >= 0.3 is 0 Å². The van der Waals surface area contributed by atoms with Crippen LogP contribution in [0, 0.1) is 12.8 Å². The summed E-state index contributed by atoms with van der Waals surface area (Å²) in [5, 5.41) is 6.24. The van der Waals surface area contributed by atoms with Crippen molar-refractivity contribution in [3.8, 4) is 0 Å². The van der Waals surface area contributed by atoms with Crippen molar-refractivity contribution >= 4 is 17.5 Å². The molecule has 1 amide bonds. The van der Waals surface area contributed by atoms with Crippen LogP contribution in [0.3, 0.4) is 0 Å². The molecule has 0 aromatic carbocycles. The van der Waals surface area contributed by atoms with Gasteiger partial charge in [0.2, 0.25) is 5.91 Å². The minimum atomic E-state index is 0.0111. The molecule has 0 saturated carbocycles. The van der Waals surface area contributed by atoms with Gasteiger partial charge < -0.3 is 20.3 Å². The van der Waals surface area contributed by atoms with Crippen LogP contribution in [0.4, 0.5) is 11.6 Å². The lowest BCUT2D eigenvalue weighted by molar-refractivity contribution is -0.124. The van der Waals surface area contributed by atoms with E-state index in [1.54, 1.807) is 0 Å². The van der Waals surface area contributed by atoms with Crippen molar-refractivity contribution in [1.29, 1.82) is 0 Å². The molecule has 0 bridgehead atoms. The number of piperidine rings is 1. The van der Waals surface area contributed by atoms with E-state index in [0.29, 0.717) is 26.3 Å². The quantitative estimate of drug-likeness (QED) is 0.765. The lowest BCUT2D eigenvalue weighted by atomic mass is 10.1. The number of hydrogen-bond donors (Lipinski definition) is 2. The van der Waals surface area contributed by atoms with Crippen LogP contribution in [0.25, 0.3) is 0 Å². The highest BCUT2D eigenvalue weighted by atomic mass is 16.5. The second-order valence-corrected chi connectivity index (χ2v) is 6.48. The summed E-state index contributed by atoms with van der Waals surface area (Å²) in [6, 6.07) is 2.00. The summed E-state index contributed by atoms with van der Waals surface area (Å²) in [6.45, 7) is 6.51. The van der Waals surface area contributed by atoms with Gasteiger partial charge in [-0.05, 0) is 32.6 Å². The number of rotatable bonds is 6. The Kier molecular flexibility index (Phi) is 5.85. The average molecular weight is 333 g/mol. The summed E-state index contributed by atoms with van der Waals surface area (Å²) in [7, 11) is 0. The maximum Gasteiger partial charge on any atom is 0.225 e. The molecular weight excluding hydrogens is 306 g/mol. The number of anilines is 2. The Morgan fingerprint density at radius 2 is 2.12 bits per heavy atom. The Morgan fingerprint density at radius 1 is 1.29 bits per heavy atom. The molecule has 1 aromatic rings. The van der Waals surface area contributed by atoms with Crippen LogP contribution in [0.5, 0.6) is 0 Å². The van der Waals surface area contributed by atoms with Gasteiger partial charge in [-0.15, -0.1) is 0 Å². The summed E-state index contributed by atoms with van der Waals surface area (Å²) in [6.07, 6.45) is 4.58. The number of ether oxygens (including phenoxy) is 1. The van der Waals surface area contributed by atoms with Gasteiger partial charge in [-0.3, -0.25) is 4.79 Å². The van der Waals surface area contributed by atoms with Gasteiger partial charge in [-0.2, -0.15) is 0 Å². The Morgan fingerprint density at radius 3 is 2.88 bits per heavy atom. The van der Waals surface area contributed by atoms with Crippen LogP contribution in [-0.4, -0.2) is 55.3 Å². The zero-order valence-corrected chi connectivity index (χ0v) is 14.4. The largest absolute Gasteiger partial charge is 0.381 e. The number of carbonyl (C=O) groups is 1. The first-order chi connectivity index (χ1) is 11.7. The van der Waals surface area contributed by atoms with Gasteiger partial charge in [-0.1, -0.05) is 0 Å². The molecule has 1 atom stereocenters. The monoisotopic (exact) mass is 333 g/mol. The minimum Gasteiger partial charge on any atom is -0.381 e. The maximum atomic E-state index is 11.9. The standard InChI is InChI=1S/C17H27N5O2/c1-13-20-15(11-16(21-13)22-8-3-2-4-9-22)18-6-7-19-17(23)14-5-10-24-12-14/h11,14H,2-10,12H2,1H3,(H,19,23)(H,18,20,21). The van der Waals surface area contributed by atoms with Gasteiger partial charge in [0.25, 0.3) is 0 Å².